The zero-order chi connectivity index (χ0) is 14.7. The number of benzene rings is 2. The number of fused-ring (bicyclic) bond motifs is 1. The molecule has 0 amide bonds. The number of aromatic nitrogens is 2. The molecule has 1 heterocycles. The predicted octanol–water partition coefficient (Wildman–Crippen LogP) is 3.47. The van der Waals surface area contributed by atoms with Crippen LogP contribution < -0.4 is 5.32 Å². The van der Waals surface area contributed by atoms with E-state index in [2.05, 4.69) is 15.3 Å². The van der Waals surface area contributed by atoms with E-state index in [9.17, 15) is 4.39 Å². The quantitative estimate of drug-likeness (QED) is 0.795. The summed E-state index contributed by atoms with van der Waals surface area (Å²) in [4.78, 5) is 8.79. The molecule has 1 aromatic heterocycles. The van der Waals surface area contributed by atoms with E-state index in [-0.39, 0.29) is 11.9 Å². The third-order valence-electron chi connectivity index (χ3n) is 3.45. The van der Waals surface area contributed by atoms with Crippen LogP contribution in [0.25, 0.3) is 11.0 Å². The topological polar surface area (TPSA) is 37.8 Å². The molecule has 106 valence electrons. The molecule has 1 atom stereocenters. The van der Waals surface area contributed by atoms with Crippen molar-refractivity contribution in [3.63, 3.8) is 0 Å². The fraction of sp³-hybridized carbons (Fsp3) is 0.176. The lowest BCUT2D eigenvalue weighted by Gasteiger charge is -2.20. The molecule has 1 N–H and O–H groups in total. The van der Waals surface area contributed by atoms with Crippen molar-refractivity contribution in [2.75, 3.05) is 6.54 Å². The maximum atomic E-state index is 13.1. The lowest BCUT2D eigenvalue weighted by atomic mass is 9.97. The van der Waals surface area contributed by atoms with Gasteiger partial charge in [0.1, 0.15) is 5.82 Å². The first kappa shape index (κ1) is 13.6. The van der Waals surface area contributed by atoms with Gasteiger partial charge in [0, 0.05) is 18.0 Å². The minimum absolute atomic E-state index is 0.0315. The van der Waals surface area contributed by atoms with Crippen molar-refractivity contribution >= 4 is 11.0 Å². The molecule has 4 heteroatoms. The Bertz CT molecular complexity index is 735. The first-order chi connectivity index (χ1) is 10.3. The average Bonchev–Trinajstić information content (AvgIpc) is 2.53. The third-order valence-corrected chi connectivity index (χ3v) is 3.45. The molecule has 0 saturated heterocycles. The van der Waals surface area contributed by atoms with Crippen molar-refractivity contribution in [2.45, 2.75) is 13.0 Å². The molecule has 0 aliphatic heterocycles. The number of hydrogen-bond acceptors (Lipinski definition) is 3. The van der Waals surface area contributed by atoms with Crippen molar-refractivity contribution in [3.8, 4) is 0 Å². The summed E-state index contributed by atoms with van der Waals surface area (Å²) in [6, 6.07) is 12.5. The second-order valence-electron chi connectivity index (χ2n) is 4.81. The molecule has 0 radical (unpaired) electrons. The third kappa shape index (κ3) is 2.76. The second-order valence-corrected chi connectivity index (χ2v) is 4.81. The molecule has 1 unspecified atom stereocenters. The van der Waals surface area contributed by atoms with E-state index in [0.717, 1.165) is 28.7 Å². The highest BCUT2D eigenvalue weighted by Gasteiger charge is 2.16. The maximum absolute atomic E-state index is 13.1. The molecule has 0 aliphatic rings. The highest BCUT2D eigenvalue weighted by molar-refractivity contribution is 5.78. The van der Waals surface area contributed by atoms with Crippen LogP contribution in [0.4, 0.5) is 4.39 Å². The summed E-state index contributed by atoms with van der Waals surface area (Å²) in [6.45, 7) is 2.85. The number of nitrogens with one attached hydrogen (secondary N) is 1. The van der Waals surface area contributed by atoms with E-state index < -0.39 is 0 Å². The van der Waals surface area contributed by atoms with Crippen molar-refractivity contribution in [1.29, 1.82) is 0 Å². The fourth-order valence-electron chi connectivity index (χ4n) is 2.51. The van der Waals surface area contributed by atoms with E-state index in [4.69, 9.17) is 0 Å². The van der Waals surface area contributed by atoms with Crippen molar-refractivity contribution in [1.82, 2.24) is 15.3 Å². The van der Waals surface area contributed by atoms with Crippen molar-refractivity contribution < 1.29 is 4.39 Å². The standard InChI is InChI=1S/C17H16FN3/c1-2-19-16(12-6-8-13(18)9-7-12)14-4-3-5-15-17(14)21-11-10-20-15/h3-11,16,19H,2H2,1H3. The van der Waals surface area contributed by atoms with Gasteiger partial charge < -0.3 is 5.32 Å². The molecule has 3 rings (SSSR count). The summed E-state index contributed by atoms with van der Waals surface area (Å²) in [6.07, 6.45) is 3.38. The number of rotatable bonds is 4. The highest BCUT2D eigenvalue weighted by Crippen LogP contribution is 2.27. The molecule has 3 aromatic rings. The van der Waals surface area contributed by atoms with E-state index in [1.165, 1.54) is 12.1 Å². The van der Waals surface area contributed by atoms with E-state index >= 15 is 0 Å². The Balaban J connectivity index is 2.13. The number of para-hydroxylation sites is 1. The Hall–Kier alpha value is -2.33. The second kappa shape index (κ2) is 5.97. The van der Waals surface area contributed by atoms with Gasteiger partial charge in [0.25, 0.3) is 0 Å². The van der Waals surface area contributed by atoms with Crippen LogP contribution in [0, 0.1) is 5.82 Å². The van der Waals surface area contributed by atoms with Gasteiger partial charge in [-0.3, -0.25) is 9.97 Å². The monoisotopic (exact) mass is 281 g/mol. The lowest BCUT2D eigenvalue weighted by Crippen LogP contribution is -2.22. The summed E-state index contributed by atoms with van der Waals surface area (Å²) in [7, 11) is 0. The van der Waals surface area contributed by atoms with Gasteiger partial charge in [-0.05, 0) is 30.3 Å². The zero-order valence-electron chi connectivity index (χ0n) is 11.8. The summed E-state index contributed by atoms with van der Waals surface area (Å²) in [5.74, 6) is -0.230. The van der Waals surface area contributed by atoms with Crippen LogP contribution in [0.3, 0.4) is 0 Å². The van der Waals surface area contributed by atoms with Crippen LogP contribution in [0.5, 0.6) is 0 Å². The van der Waals surface area contributed by atoms with Gasteiger partial charge in [0.2, 0.25) is 0 Å². The highest BCUT2D eigenvalue weighted by atomic mass is 19.1. The summed E-state index contributed by atoms with van der Waals surface area (Å²) < 4.78 is 13.1. The van der Waals surface area contributed by atoms with Gasteiger partial charge >= 0.3 is 0 Å². The summed E-state index contributed by atoms with van der Waals surface area (Å²) >= 11 is 0. The number of nitrogens with zero attached hydrogens (tertiary/aromatic N) is 2. The Morgan fingerprint density at radius 1 is 1.05 bits per heavy atom. The normalized spacial score (nSPS) is 12.5. The zero-order valence-corrected chi connectivity index (χ0v) is 11.8. The van der Waals surface area contributed by atoms with Gasteiger partial charge in [-0.1, -0.05) is 31.2 Å². The smallest absolute Gasteiger partial charge is 0.123 e. The molecule has 0 spiro atoms. The maximum Gasteiger partial charge on any atom is 0.123 e. The minimum Gasteiger partial charge on any atom is -0.306 e. The summed E-state index contributed by atoms with van der Waals surface area (Å²) in [5.41, 5.74) is 3.79. The first-order valence-corrected chi connectivity index (χ1v) is 6.98. The molecular formula is C17H16FN3. The molecule has 3 nitrogen and oxygen atoms in total. The van der Waals surface area contributed by atoms with Crippen LogP contribution in [0.1, 0.15) is 24.1 Å². The molecule has 21 heavy (non-hydrogen) atoms. The molecular weight excluding hydrogens is 265 g/mol. The Labute approximate surface area is 122 Å². The van der Waals surface area contributed by atoms with Gasteiger partial charge in [-0.15, -0.1) is 0 Å². The number of hydrogen-bond donors (Lipinski definition) is 1. The van der Waals surface area contributed by atoms with Gasteiger partial charge in [0.05, 0.1) is 17.1 Å². The average molecular weight is 281 g/mol. The fourth-order valence-corrected chi connectivity index (χ4v) is 2.51. The number of halogens is 1. The van der Waals surface area contributed by atoms with Crippen molar-refractivity contribution in [3.05, 3.63) is 71.8 Å². The largest absolute Gasteiger partial charge is 0.306 e. The molecule has 0 bridgehead atoms. The van der Waals surface area contributed by atoms with E-state index in [1.807, 2.05) is 25.1 Å². The SMILES string of the molecule is CCNC(c1ccc(F)cc1)c1cccc2nccnc12. The summed E-state index contributed by atoms with van der Waals surface area (Å²) in [5, 5.41) is 3.44. The van der Waals surface area contributed by atoms with Crippen LogP contribution in [-0.4, -0.2) is 16.5 Å². The van der Waals surface area contributed by atoms with Crippen LogP contribution in [0.15, 0.2) is 54.9 Å². The van der Waals surface area contributed by atoms with E-state index in [0.29, 0.717) is 0 Å². The Morgan fingerprint density at radius 3 is 2.57 bits per heavy atom. The van der Waals surface area contributed by atoms with Gasteiger partial charge in [-0.25, -0.2) is 4.39 Å². The molecule has 0 aliphatic carbocycles. The van der Waals surface area contributed by atoms with Gasteiger partial charge in [-0.2, -0.15) is 0 Å². The minimum atomic E-state index is -0.230. The molecule has 0 saturated carbocycles. The molecule has 2 aromatic carbocycles. The lowest BCUT2D eigenvalue weighted by molar-refractivity contribution is 0.615. The molecule has 0 fully saturated rings. The van der Waals surface area contributed by atoms with Crippen LogP contribution in [-0.2, 0) is 0 Å². The van der Waals surface area contributed by atoms with Crippen molar-refractivity contribution in [2.24, 2.45) is 0 Å². The van der Waals surface area contributed by atoms with Crippen LogP contribution in [0.2, 0.25) is 0 Å². The van der Waals surface area contributed by atoms with Gasteiger partial charge in [0.15, 0.2) is 0 Å². The Morgan fingerprint density at radius 2 is 1.81 bits per heavy atom. The van der Waals surface area contributed by atoms with E-state index in [1.54, 1.807) is 24.5 Å². The first-order valence-electron chi connectivity index (χ1n) is 6.98. The predicted molar refractivity (Wildman–Crippen MR) is 81.5 cm³/mol. The van der Waals surface area contributed by atoms with Crippen LogP contribution >= 0.6 is 0 Å². The Kier molecular flexibility index (Phi) is 3.88.